The first-order valence-corrected chi connectivity index (χ1v) is 8.77. The number of carbonyl (C=O) groups is 1. The third-order valence-corrected chi connectivity index (χ3v) is 4.46. The van der Waals surface area contributed by atoms with E-state index in [4.69, 9.17) is 4.74 Å². The van der Waals surface area contributed by atoms with Gasteiger partial charge in [0.1, 0.15) is 6.61 Å². The summed E-state index contributed by atoms with van der Waals surface area (Å²) in [4.78, 5) is 15.0. The Morgan fingerprint density at radius 3 is 2.28 bits per heavy atom. The number of hydrogen-bond donors (Lipinski definition) is 1. The van der Waals surface area contributed by atoms with Crippen LogP contribution in [0.4, 0.5) is 0 Å². The van der Waals surface area contributed by atoms with Gasteiger partial charge in [-0.15, -0.1) is 0 Å². The molecule has 0 aliphatic rings. The number of aryl methyl sites for hydroxylation is 1. The maximum atomic E-state index is 12.8. The lowest BCUT2D eigenvalue weighted by atomic mass is 9.85. The number of esters is 1. The highest BCUT2D eigenvalue weighted by Gasteiger charge is 2.41. The Labute approximate surface area is 150 Å². The standard InChI is InChI=1S/C21H27NO3/c1-4-22(5-2)14-15-25-20(23)21(24,18-11-7-6-8-12-18)19-13-9-10-17(3)16-19/h6-13,16,24H,4-5,14-15H2,1-3H3/t21-/m0/s1. The molecule has 0 spiro atoms. The van der Waals surface area contributed by atoms with Crippen molar-refractivity contribution in [1.82, 2.24) is 4.90 Å². The van der Waals surface area contributed by atoms with Gasteiger partial charge in [-0.2, -0.15) is 0 Å². The predicted octanol–water partition coefficient (Wildman–Crippen LogP) is 3.12. The second kappa shape index (κ2) is 8.79. The number of likely N-dealkylation sites (N-methyl/N-ethyl adjacent to an activating group) is 1. The van der Waals surface area contributed by atoms with Crippen LogP contribution in [0.3, 0.4) is 0 Å². The lowest BCUT2D eigenvalue weighted by Gasteiger charge is -2.28. The van der Waals surface area contributed by atoms with E-state index in [-0.39, 0.29) is 6.61 Å². The van der Waals surface area contributed by atoms with Crippen LogP contribution in [0.1, 0.15) is 30.5 Å². The Morgan fingerprint density at radius 2 is 1.68 bits per heavy atom. The molecule has 2 aromatic carbocycles. The van der Waals surface area contributed by atoms with Gasteiger partial charge in [-0.05, 0) is 31.1 Å². The summed E-state index contributed by atoms with van der Waals surface area (Å²) in [6.45, 7) is 8.76. The first-order valence-electron chi connectivity index (χ1n) is 8.77. The first kappa shape index (κ1) is 19.2. The van der Waals surface area contributed by atoms with Crippen molar-refractivity contribution in [2.75, 3.05) is 26.2 Å². The fourth-order valence-electron chi connectivity index (χ4n) is 2.86. The summed E-state index contributed by atoms with van der Waals surface area (Å²) < 4.78 is 5.46. The van der Waals surface area contributed by atoms with E-state index in [1.165, 1.54) is 0 Å². The molecule has 2 rings (SSSR count). The van der Waals surface area contributed by atoms with Gasteiger partial charge in [0, 0.05) is 6.54 Å². The normalized spacial score (nSPS) is 13.5. The Bertz CT molecular complexity index is 683. The summed E-state index contributed by atoms with van der Waals surface area (Å²) in [6, 6.07) is 16.3. The number of ether oxygens (including phenoxy) is 1. The number of benzene rings is 2. The summed E-state index contributed by atoms with van der Waals surface area (Å²) in [5, 5.41) is 11.3. The van der Waals surface area contributed by atoms with Crippen LogP contribution in [-0.2, 0) is 15.1 Å². The van der Waals surface area contributed by atoms with Crippen LogP contribution < -0.4 is 0 Å². The second-order valence-corrected chi connectivity index (χ2v) is 6.11. The zero-order valence-electron chi connectivity index (χ0n) is 15.2. The minimum Gasteiger partial charge on any atom is -0.462 e. The van der Waals surface area contributed by atoms with Crippen LogP contribution in [0, 0.1) is 6.92 Å². The van der Waals surface area contributed by atoms with Crippen molar-refractivity contribution in [3.63, 3.8) is 0 Å². The molecule has 0 bridgehead atoms. The summed E-state index contributed by atoms with van der Waals surface area (Å²) in [6.07, 6.45) is 0. The molecule has 134 valence electrons. The zero-order chi connectivity index (χ0) is 18.3. The summed E-state index contributed by atoms with van der Waals surface area (Å²) in [5.74, 6) is -0.642. The number of hydrogen-bond acceptors (Lipinski definition) is 4. The van der Waals surface area contributed by atoms with Gasteiger partial charge in [0.25, 0.3) is 0 Å². The van der Waals surface area contributed by atoms with Crippen molar-refractivity contribution >= 4 is 5.97 Å². The average molecular weight is 341 g/mol. The zero-order valence-corrected chi connectivity index (χ0v) is 15.2. The molecule has 0 saturated carbocycles. The minimum absolute atomic E-state index is 0.251. The Morgan fingerprint density at radius 1 is 1.04 bits per heavy atom. The van der Waals surface area contributed by atoms with Gasteiger partial charge in [-0.3, -0.25) is 0 Å². The third-order valence-electron chi connectivity index (χ3n) is 4.46. The van der Waals surface area contributed by atoms with Gasteiger partial charge in [0.15, 0.2) is 0 Å². The Balaban J connectivity index is 2.28. The summed E-state index contributed by atoms with van der Waals surface area (Å²) >= 11 is 0. The molecule has 0 heterocycles. The van der Waals surface area contributed by atoms with E-state index in [1.54, 1.807) is 30.3 Å². The van der Waals surface area contributed by atoms with Crippen molar-refractivity contribution in [2.24, 2.45) is 0 Å². The topological polar surface area (TPSA) is 49.8 Å². The van der Waals surface area contributed by atoms with Crippen molar-refractivity contribution in [1.29, 1.82) is 0 Å². The number of rotatable bonds is 8. The van der Waals surface area contributed by atoms with Crippen molar-refractivity contribution < 1.29 is 14.6 Å². The molecular weight excluding hydrogens is 314 g/mol. The fraction of sp³-hybridized carbons (Fsp3) is 0.381. The molecular formula is C21H27NO3. The van der Waals surface area contributed by atoms with E-state index in [9.17, 15) is 9.90 Å². The quantitative estimate of drug-likeness (QED) is 0.750. The molecule has 0 saturated heterocycles. The Hall–Kier alpha value is -2.17. The van der Waals surface area contributed by atoms with Crippen LogP contribution in [0.25, 0.3) is 0 Å². The van der Waals surface area contributed by atoms with Gasteiger partial charge in [-0.1, -0.05) is 74.0 Å². The number of aliphatic hydroxyl groups is 1. The predicted molar refractivity (Wildman–Crippen MR) is 99.4 cm³/mol. The Kier molecular flexibility index (Phi) is 6.73. The lowest BCUT2D eigenvalue weighted by Crippen LogP contribution is -2.40. The molecule has 0 unspecified atom stereocenters. The van der Waals surface area contributed by atoms with E-state index >= 15 is 0 Å². The summed E-state index contributed by atoms with van der Waals surface area (Å²) in [7, 11) is 0. The molecule has 4 heteroatoms. The van der Waals surface area contributed by atoms with Crippen LogP contribution in [0.5, 0.6) is 0 Å². The molecule has 4 nitrogen and oxygen atoms in total. The molecule has 0 aromatic heterocycles. The molecule has 0 radical (unpaired) electrons. The largest absolute Gasteiger partial charge is 0.462 e. The maximum Gasteiger partial charge on any atom is 0.347 e. The SMILES string of the molecule is CCN(CC)CCOC(=O)[C@](O)(c1ccccc1)c1cccc(C)c1. The van der Waals surface area contributed by atoms with Crippen LogP contribution in [-0.4, -0.2) is 42.2 Å². The van der Waals surface area contributed by atoms with E-state index in [2.05, 4.69) is 18.7 Å². The van der Waals surface area contributed by atoms with E-state index in [0.29, 0.717) is 17.7 Å². The van der Waals surface area contributed by atoms with Gasteiger partial charge >= 0.3 is 5.97 Å². The molecule has 1 atom stereocenters. The fourth-order valence-corrected chi connectivity index (χ4v) is 2.86. The van der Waals surface area contributed by atoms with Crippen LogP contribution >= 0.6 is 0 Å². The van der Waals surface area contributed by atoms with E-state index < -0.39 is 11.6 Å². The molecule has 2 aromatic rings. The monoisotopic (exact) mass is 341 g/mol. The molecule has 0 aliphatic heterocycles. The average Bonchev–Trinajstić information content (AvgIpc) is 2.65. The van der Waals surface area contributed by atoms with Crippen molar-refractivity contribution in [3.8, 4) is 0 Å². The maximum absolute atomic E-state index is 12.8. The molecule has 1 N–H and O–H groups in total. The van der Waals surface area contributed by atoms with E-state index in [0.717, 1.165) is 18.7 Å². The lowest BCUT2D eigenvalue weighted by molar-refractivity contribution is -0.162. The highest BCUT2D eigenvalue weighted by atomic mass is 16.5. The molecule has 25 heavy (non-hydrogen) atoms. The van der Waals surface area contributed by atoms with Crippen LogP contribution in [0.2, 0.25) is 0 Å². The molecule has 0 fully saturated rings. The van der Waals surface area contributed by atoms with Crippen LogP contribution in [0.15, 0.2) is 54.6 Å². The first-order chi connectivity index (χ1) is 12.0. The van der Waals surface area contributed by atoms with Gasteiger partial charge < -0.3 is 14.7 Å². The highest BCUT2D eigenvalue weighted by molar-refractivity contribution is 5.85. The van der Waals surface area contributed by atoms with Gasteiger partial charge in [0.05, 0.1) is 0 Å². The minimum atomic E-state index is -1.81. The van der Waals surface area contributed by atoms with E-state index in [1.807, 2.05) is 31.2 Å². The smallest absolute Gasteiger partial charge is 0.347 e. The van der Waals surface area contributed by atoms with Crippen molar-refractivity contribution in [2.45, 2.75) is 26.4 Å². The summed E-state index contributed by atoms with van der Waals surface area (Å²) in [5.41, 5.74) is 0.194. The third kappa shape index (κ3) is 4.47. The molecule has 0 aliphatic carbocycles. The highest BCUT2D eigenvalue weighted by Crippen LogP contribution is 2.31. The second-order valence-electron chi connectivity index (χ2n) is 6.11. The number of carbonyl (C=O) groups excluding carboxylic acids is 1. The van der Waals surface area contributed by atoms with Gasteiger partial charge in [-0.25, -0.2) is 4.79 Å². The number of nitrogens with zero attached hydrogens (tertiary/aromatic N) is 1. The van der Waals surface area contributed by atoms with Gasteiger partial charge in [0.2, 0.25) is 5.60 Å². The molecule has 0 amide bonds. The van der Waals surface area contributed by atoms with Crippen molar-refractivity contribution in [3.05, 3.63) is 71.3 Å².